The normalized spacial score (nSPS) is 13.1. The number of carbonyl (C=O) groups excluding carboxylic acids is 1. The number of nitrogens with zero attached hydrogens (tertiary/aromatic N) is 1. The van der Waals surface area contributed by atoms with Crippen LogP contribution in [0.2, 0.25) is 5.15 Å². The summed E-state index contributed by atoms with van der Waals surface area (Å²) in [6.45, 7) is 7.58. The smallest absolute Gasteiger partial charge is 0.228 e. The topological polar surface area (TPSA) is 42.0 Å². The Hall–Kier alpha value is -1.68. The van der Waals surface area contributed by atoms with Gasteiger partial charge in [0, 0.05) is 6.20 Å². The third-order valence-electron chi connectivity index (χ3n) is 3.33. The molecule has 1 aromatic heterocycles. The summed E-state index contributed by atoms with van der Waals surface area (Å²) in [7, 11) is 0. The van der Waals surface area contributed by atoms with Crippen LogP contribution in [-0.2, 0) is 11.2 Å². The van der Waals surface area contributed by atoms with E-state index in [0.717, 1.165) is 5.57 Å². The molecule has 0 fully saturated rings. The predicted octanol–water partition coefficient (Wildman–Crippen LogP) is 4.59. The number of hydrogen-bond acceptors (Lipinski definition) is 2. The highest BCUT2D eigenvalue weighted by Crippen LogP contribution is 2.21. The summed E-state index contributed by atoms with van der Waals surface area (Å²) >= 11 is 5.94. The van der Waals surface area contributed by atoms with Crippen LogP contribution in [0.4, 0.5) is 4.39 Å². The molecule has 5 heteroatoms. The Morgan fingerprint density at radius 2 is 2.18 bits per heavy atom. The summed E-state index contributed by atoms with van der Waals surface area (Å²) in [4.78, 5) is 16.1. The van der Waals surface area contributed by atoms with Gasteiger partial charge >= 0.3 is 0 Å². The van der Waals surface area contributed by atoms with Crippen LogP contribution in [0.25, 0.3) is 0 Å². The summed E-state index contributed by atoms with van der Waals surface area (Å²) in [5, 5.41) is 2.95. The van der Waals surface area contributed by atoms with Crippen molar-refractivity contribution in [1.29, 1.82) is 0 Å². The van der Waals surface area contributed by atoms with Gasteiger partial charge in [-0.2, -0.15) is 0 Å². The minimum atomic E-state index is -0.403. The van der Waals surface area contributed by atoms with Crippen molar-refractivity contribution < 1.29 is 9.18 Å². The number of rotatable bonds is 6. The van der Waals surface area contributed by atoms with Crippen LogP contribution in [0.5, 0.6) is 0 Å². The molecule has 0 aliphatic rings. The van der Waals surface area contributed by atoms with E-state index >= 15 is 0 Å². The standard InChI is InChI=1S/C17H22ClFN2O/c1-5-7-14(19)16(12(4)11(2)3)21-15(22)10-13-8-6-9-20-17(13)18/h6-9,11H,5,10H2,1-4H3,(H,21,22)/b14-7+,16-12+. The zero-order chi connectivity index (χ0) is 16.7. The predicted molar refractivity (Wildman–Crippen MR) is 88.1 cm³/mol. The summed E-state index contributed by atoms with van der Waals surface area (Å²) in [5.74, 6) is -0.586. The lowest BCUT2D eigenvalue weighted by Crippen LogP contribution is -2.26. The number of aromatic nitrogens is 1. The average Bonchev–Trinajstić information content (AvgIpc) is 2.46. The van der Waals surface area contributed by atoms with Crippen LogP contribution in [0.15, 0.2) is 41.5 Å². The van der Waals surface area contributed by atoms with Gasteiger partial charge in [0.15, 0.2) is 0 Å². The molecule has 0 saturated carbocycles. The van der Waals surface area contributed by atoms with Gasteiger partial charge in [0.2, 0.25) is 5.91 Å². The van der Waals surface area contributed by atoms with Gasteiger partial charge in [-0.15, -0.1) is 0 Å². The lowest BCUT2D eigenvalue weighted by atomic mass is 10.0. The molecule has 3 nitrogen and oxygen atoms in total. The molecule has 0 aliphatic carbocycles. The van der Waals surface area contributed by atoms with Crippen LogP contribution in [0, 0.1) is 5.92 Å². The van der Waals surface area contributed by atoms with E-state index in [1.54, 1.807) is 18.3 Å². The first-order valence-electron chi connectivity index (χ1n) is 7.32. The lowest BCUT2D eigenvalue weighted by Gasteiger charge is -2.15. The third kappa shape index (κ3) is 5.26. The van der Waals surface area contributed by atoms with E-state index in [2.05, 4.69) is 10.3 Å². The van der Waals surface area contributed by atoms with Gasteiger partial charge in [-0.05, 0) is 42.5 Å². The molecule has 0 bridgehead atoms. The maximum Gasteiger partial charge on any atom is 0.228 e. The summed E-state index contributed by atoms with van der Waals surface area (Å²) in [6, 6.07) is 3.44. The lowest BCUT2D eigenvalue weighted by molar-refractivity contribution is -0.119. The molecule has 22 heavy (non-hydrogen) atoms. The minimum Gasteiger partial charge on any atom is -0.323 e. The molecule has 1 N–H and O–H groups in total. The van der Waals surface area contributed by atoms with E-state index in [-0.39, 0.29) is 29.1 Å². The number of amides is 1. The Bertz CT molecular complexity index is 594. The summed E-state index contributed by atoms with van der Waals surface area (Å²) in [6.07, 6.45) is 3.63. The SMILES string of the molecule is CC/C=C(F)\C(NC(=O)Cc1cccnc1Cl)=C(\C)C(C)C. The van der Waals surface area contributed by atoms with E-state index < -0.39 is 5.83 Å². The molecule has 0 saturated heterocycles. The maximum atomic E-state index is 14.2. The van der Waals surface area contributed by atoms with Crippen LogP contribution in [0.1, 0.15) is 39.7 Å². The highest BCUT2D eigenvalue weighted by molar-refractivity contribution is 6.30. The van der Waals surface area contributed by atoms with Gasteiger partial charge < -0.3 is 5.32 Å². The number of carbonyl (C=O) groups is 1. The maximum absolute atomic E-state index is 14.2. The number of hydrogen-bond donors (Lipinski definition) is 1. The van der Waals surface area contributed by atoms with Crippen LogP contribution in [0.3, 0.4) is 0 Å². The molecule has 1 rings (SSSR count). The van der Waals surface area contributed by atoms with E-state index in [9.17, 15) is 9.18 Å². The highest BCUT2D eigenvalue weighted by atomic mass is 35.5. The van der Waals surface area contributed by atoms with Crippen LogP contribution in [-0.4, -0.2) is 10.9 Å². The van der Waals surface area contributed by atoms with Gasteiger partial charge in [-0.25, -0.2) is 9.37 Å². The molecule has 0 unspecified atom stereocenters. The Kier molecular flexibility index (Phi) is 7.25. The number of nitrogens with one attached hydrogen (secondary N) is 1. The van der Waals surface area contributed by atoms with Crippen molar-refractivity contribution in [3.63, 3.8) is 0 Å². The second-order valence-electron chi connectivity index (χ2n) is 5.35. The zero-order valence-corrected chi connectivity index (χ0v) is 14.2. The van der Waals surface area contributed by atoms with Crippen molar-refractivity contribution in [2.45, 2.75) is 40.5 Å². The van der Waals surface area contributed by atoms with Crippen LogP contribution < -0.4 is 5.32 Å². The van der Waals surface area contributed by atoms with Crippen molar-refractivity contribution in [2.75, 3.05) is 0 Å². The van der Waals surface area contributed by atoms with Gasteiger partial charge in [0.25, 0.3) is 0 Å². The Morgan fingerprint density at radius 3 is 2.73 bits per heavy atom. The Morgan fingerprint density at radius 1 is 1.50 bits per heavy atom. The Balaban J connectivity index is 2.96. The van der Waals surface area contributed by atoms with Crippen LogP contribution >= 0.6 is 11.6 Å². The zero-order valence-electron chi connectivity index (χ0n) is 13.4. The molecule has 0 spiro atoms. The molecule has 1 aromatic rings. The second kappa shape index (κ2) is 8.69. The first-order chi connectivity index (χ1) is 10.4. The van der Waals surface area contributed by atoms with Crippen molar-refractivity contribution in [1.82, 2.24) is 10.3 Å². The minimum absolute atomic E-state index is 0.0565. The van der Waals surface area contributed by atoms with E-state index in [1.165, 1.54) is 6.08 Å². The van der Waals surface area contributed by atoms with Gasteiger partial charge in [0.05, 0.1) is 12.1 Å². The fourth-order valence-corrected chi connectivity index (χ4v) is 2.01. The summed E-state index contributed by atoms with van der Waals surface area (Å²) in [5.41, 5.74) is 1.66. The molecule has 0 radical (unpaired) electrons. The summed E-state index contributed by atoms with van der Waals surface area (Å²) < 4.78 is 14.2. The quantitative estimate of drug-likeness (QED) is 0.614. The average molecular weight is 325 g/mol. The van der Waals surface area contributed by atoms with Gasteiger partial charge in [-0.3, -0.25) is 4.79 Å². The second-order valence-corrected chi connectivity index (χ2v) is 5.71. The molecule has 120 valence electrons. The highest BCUT2D eigenvalue weighted by Gasteiger charge is 2.15. The molecule has 0 aliphatic heterocycles. The third-order valence-corrected chi connectivity index (χ3v) is 3.67. The first-order valence-corrected chi connectivity index (χ1v) is 7.70. The monoisotopic (exact) mass is 324 g/mol. The molecule has 1 amide bonds. The van der Waals surface area contributed by atoms with E-state index in [1.807, 2.05) is 27.7 Å². The fraction of sp³-hybridized carbons (Fsp3) is 0.412. The molecular weight excluding hydrogens is 303 g/mol. The first kappa shape index (κ1) is 18.4. The molecule has 0 aromatic carbocycles. The van der Waals surface area contributed by atoms with Gasteiger partial charge in [0.1, 0.15) is 11.0 Å². The number of pyridine rings is 1. The fourth-order valence-electron chi connectivity index (χ4n) is 1.82. The van der Waals surface area contributed by atoms with E-state index in [4.69, 9.17) is 11.6 Å². The number of halogens is 2. The van der Waals surface area contributed by atoms with Crippen molar-refractivity contribution in [3.05, 3.63) is 52.2 Å². The van der Waals surface area contributed by atoms with Crippen molar-refractivity contribution in [2.24, 2.45) is 5.92 Å². The van der Waals surface area contributed by atoms with Gasteiger partial charge in [-0.1, -0.05) is 38.4 Å². The van der Waals surface area contributed by atoms with E-state index in [0.29, 0.717) is 12.0 Å². The number of allylic oxidation sites excluding steroid dienone is 3. The molecule has 1 heterocycles. The Labute approximate surface area is 136 Å². The van der Waals surface area contributed by atoms with Crippen molar-refractivity contribution >= 4 is 17.5 Å². The molecular formula is C17H22ClFN2O. The molecule has 0 atom stereocenters. The van der Waals surface area contributed by atoms with Crippen molar-refractivity contribution in [3.8, 4) is 0 Å². The largest absolute Gasteiger partial charge is 0.323 e.